The molecule has 2 aromatic rings. The number of aromatic nitrogens is 2. The van der Waals surface area contributed by atoms with Crippen molar-refractivity contribution in [2.45, 2.75) is 175 Å². The fraction of sp³-hybridized carbons (Fsp3) is 0.659. The van der Waals surface area contributed by atoms with Crippen molar-refractivity contribution in [3.05, 3.63) is 68.5 Å². The quantitative estimate of drug-likeness (QED) is 0.135. The van der Waals surface area contributed by atoms with Crippen molar-refractivity contribution in [1.29, 1.82) is 5.41 Å². The zero-order chi connectivity index (χ0) is 38.8. The number of allylic oxidation sites excluding steroid dienone is 6. The number of fused-ring (bicyclic) bond motifs is 1. The fourth-order valence-electron chi connectivity index (χ4n) is 6.68. The molecule has 1 aromatic carbocycles. The number of aliphatic hydroxyl groups excluding tert-OH is 2. The second-order valence-corrected chi connectivity index (χ2v) is 13.9. The Labute approximate surface area is 306 Å². The molecule has 1 fully saturated rings. The Balaban J connectivity index is 0.000000975. The molecule has 1 aliphatic carbocycles. The maximum atomic E-state index is 15.9. The highest BCUT2D eigenvalue weighted by atomic mass is 19.1. The van der Waals surface area contributed by atoms with E-state index < -0.39 is 5.82 Å². The lowest BCUT2D eigenvalue weighted by Gasteiger charge is -2.30. The first-order valence-corrected chi connectivity index (χ1v) is 19.4. The van der Waals surface area contributed by atoms with Gasteiger partial charge in [-0.05, 0) is 114 Å². The second-order valence-electron chi connectivity index (χ2n) is 13.9. The van der Waals surface area contributed by atoms with Crippen molar-refractivity contribution in [2.24, 2.45) is 10.8 Å². The first kappa shape index (κ1) is 47.3. The number of rotatable bonds is 14. The zero-order valence-corrected chi connectivity index (χ0v) is 34.8. The summed E-state index contributed by atoms with van der Waals surface area (Å²) in [4.78, 5) is 8.49. The van der Waals surface area contributed by atoms with Gasteiger partial charge >= 0.3 is 0 Å². The van der Waals surface area contributed by atoms with E-state index in [9.17, 15) is 5.11 Å². The molecule has 3 N–H and O–H groups in total. The van der Waals surface area contributed by atoms with E-state index in [4.69, 9.17) is 10.5 Å². The van der Waals surface area contributed by atoms with Gasteiger partial charge in [-0.15, -0.1) is 0 Å². The molecule has 0 bridgehead atoms. The Morgan fingerprint density at radius 3 is 1.84 bits per heavy atom. The van der Waals surface area contributed by atoms with Crippen LogP contribution >= 0.6 is 0 Å². The van der Waals surface area contributed by atoms with E-state index in [0.29, 0.717) is 46.4 Å². The summed E-state index contributed by atoms with van der Waals surface area (Å²) in [7, 11) is 0. The molecule has 3 rings (SSSR count). The highest BCUT2D eigenvalue weighted by Crippen LogP contribution is 2.51. The summed E-state index contributed by atoms with van der Waals surface area (Å²) < 4.78 is 15.9. The average molecular weight is 696 g/mol. The van der Waals surface area contributed by atoms with Gasteiger partial charge in [-0.1, -0.05) is 105 Å². The van der Waals surface area contributed by atoms with Crippen LogP contribution in [0.1, 0.15) is 177 Å². The third-order valence-corrected chi connectivity index (χ3v) is 11.2. The predicted molar refractivity (Wildman–Crippen MR) is 216 cm³/mol. The van der Waals surface area contributed by atoms with Gasteiger partial charge < -0.3 is 10.2 Å². The zero-order valence-electron chi connectivity index (χ0n) is 34.8. The molecule has 0 amide bonds. The van der Waals surface area contributed by atoms with Crippen LogP contribution in [0.15, 0.2) is 40.1 Å². The number of aliphatic hydroxyl groups is 2. The van der Waals surface area contributed by atoms with E-state index in [1.54, 1.807) is 13.1 Å². The Bertz CT molecular complexity index is 1440. The number of hydrogen-bond acceptors (Lipinski definition) is 5. The number of halogens is 1. The summed E-state index contributed by atoms with van der Waals surface area (Å²) in [6.07, 6.45) is 15.7. The second kappa shape index (κ2) is 23.0. The van der Waals surface area contributed by atoms with Gasteiger partial charge in [-0.3, -0.25) is 5.41 Å². The molecule has 284 valence electrons. The Morgan fingerprint density at radius 1 is 0.920 bits per heavy atom. The lowest BCUT2D eigenvalue weighted by atomic mass is 9.76. The molecule has 50 heavy (non-hydrogen) atoms. The first-order chi connectivity index (χ1) is 23.7. The number of nitrogens with one attached hydrogen (secondary N) is 1. The molecule has 5 nitrogen and oxygen atoms in total. The molecular formula is C44H74FN3O2. The van der Waals surface area contributed by atoms with E-state index in [-0.39, 0.29) is 23.4 Å². The van der Waals surface area contributed by atoms with Crippen LogP contribution in [0.5, 0.6) is 0 Å². The molecule has 0 saturated heterocycles. The summed E-state index contributed by atoms with van der Waals surface area (Å²) in [6.45, 7) is 30.9. The lowest BCUT2D eigenvalue weighted by Crippen LogP contribution is -2.20. The van der Waals surface area contributed by atoms with Gasteiger partial charge in [-0.2, -0.15) is 0 Å². The van der Waals surface area contributed by atoms with Gasteiger partial charge in [0.2, 0.25) is 0 Å². The molecule has 0 aliphatic heterocycles. The van der Waals surface area contributed by atoms with Crippen molar-refractivity contribution in [3.8, 4) is 0 Å². The average Bonchev–Trinajstić information content (AvgIpc) is 3.93. The smallest absolute Gasteiger partial charge is 0.159 e. The number of aryl methyl sites for hydroxylation is 1. The molecule has 1 aromatic heterocycles. The molecule has 0 spiro atoms. The molecule has 0 radical (unpaired) electrons. The topological polar surface area (TPSA) is 90.1 Å². The van der Waals surface area contributed by atoms with Gasteiger partial charge in [0, 0.05) is 29.3 Å². The van der Waals surface area contributed by atoms with Crippen molar-refractivity contribution in [1.82, 2.24) is 9.97 Å². The standard InChI is InChI=1S/C25H32FN3O.C10H22O.C7H14.C2H6/c1-9-14(5)16(7)21(15(6)13(3)4)24(27)22-18(10-2)20(12-30)19-11-28-17(8)29-25(19)23(22)26;1-4-7-10(5-2,6-3)8-9-11;1-3-7(4-2)5-6-7;1-2/h9,11,27,30H,10,12H2,1-8H3;11H,4-9H2,1-3H3;3-6H2,1-2H3;1-2H3/b14-9-,21-16-,27-24?;;;. The molecule has 1 heterocycles. The van der Waals surface area contributed by atoms with Crippen LogP contribution in [0.25, 0.3) is 10.9 Å². The molecule has 1 saturated carbocycles. The SMILES string of the molecule is C/C=C(C)\C(C)=C(/C(=N)c1c(CC)c(CO)c2cnc(C)nc2c1F)C(C)=C(C)C.CC.CCC1(CC)CC1.CCCC(CC)(CC)CCO. The van der Waals surface area contributed by atoms with E-state index in [1.807, 2.05) is 68.4 Å². The number of nitrogens with zero attached hydrogens (tertiary/aromatic N) is 2. The summed E-state index contributed by atoms with van der Waals surface area (Å²) in [6, 6.07) is 0. The van der Waals surface area contributed by atoms with Gasteiger partial charge in [-0.25, -0.2) is 14.4 Å². The van der Waals surface area contributed by atoms with E-state index in [2.05, 4.69) is 44.6 Å². The summed E-state index contributed by atoms with van der Waals surface area (Å²) in [5, 5.41) is 28.6. The van der Waals surface area contributed by atoms with Crippen LogP contribution in [0, 0.1) is 29.0 Å². The summed E-state index contributed by atoms with van der Waals surface area (Å²) >= 11 is 0. The largest absolute Gasteiger partial charge is 0.396 e. The van der Waals surface area contributed by atoms with Crippen molar-refractivity contribution >= 4 is 16.6 Å². The monoisotopic (exact) mass is 696 g/mol. The Hall–Kier alpha value is -2.70. The molecular weight excluding hydrogens is 622 g/mol. The minimum atomic E-state index is -0.528. The normalized spacial score (nSPS) is 13.9. The van der Waals surface area contributed by atoms with E-state index in [1.165, 1.54) is 51.4 Å². The van der Waals surface area contributed by atoms with Crippen LogP contribution in [-0.2, 0) is 13.0 Å². The van der Waals surface area contributed by atoms with Crippen LogP contribution in [0.3, 0.4) is 0 Å². The van der Waals surface area contributed by atoms with Crippen molar-refractivity contribution < 1.29 is 14.6 Å². The van der Waals surface area contributed by atoms with Crippen LogP contribution < -0.4 is 0 Å². The van der Waals surface area contributed by atoms with Gasteiger partial charge in [0.05, 0.1) is 12.3 Å². The lowest BCUT2D eigenvalue weighted by molar-refractivity contribution is 0.155. The van der Waals surface area contributed by atoms with Gasteiger partial charge in [0.25, 0.3) is 0 Å². The Kier molecular flexibility index (Phi) is 21.7. The van der Waals surface area contributed by atoms with Crippen molar-refractivity contribution in [2.75, 3.05) is 6.61 Å². The fourth-order valence-corrected chi connectivity index (χ4v) is 6.68. The maximum absolute atomic E-state index is 15.9. The van der Waals surface area contributed by atoms with E-state index in [0.717, 1.165) is 34.1 Å². The van der Waals surface area contributed by atoms with Gasteiger partial charge in [0.1, 0.15) is 11.3 Å². The minimum absolute atomic E-state index is 0.120. The van der Waals surface area contributed by atoms with Crippen LogP contribution in [0.4, 0.5) is 4.39 Å². The third kappa shape index (κ3) is 12.2. The minimum Gasteiger partial charge on any atom is -0.396 e. The van der Waals surface area contributed by atoms with Crippen LogP contribution in [0.2, 0.25) is 0 Å². The molecule has 0 unspecified atom stereocenters. The van der Waals surface area contributed by atoms with E-state index >= 15 is 4.39 Å². The highest BCUT2D eigenvalue weighted by molar-refractivity contribution is 6.16. The summed E-state index contributed by atoms with van der Waals surface area (Å²) in [5.74, 6) is -0.0799. The molecule has 0 atom stereocenters. The first-order valence-electron chi connectivity index (χ1n) is 19.4. The Morgan fingerprint density at radius 2 is 1.48 bits per heavy atom. The maximum Gasteiger partial charge on any atom is 0.159 e. The highest BCUT2D eigenvalue weighted by Gasteiger charge is 2.38. The summed E-state index contributed by atoms with van der Waals surface area (Å²) in [5.41, 5.74) is 7.67. The number of hydrogen-bond donors (Lipinski definition) is 3. The van der Waals surface area contributed by atoms with Crippen molar-refractivity contribution in [3.63, 3.8) is 0 Å². The van der Waals surface area contributed by atoms with Crippen LogP contribution in [-0.4, -0.2) is 32.5 Å². The number of benzene rings is 1. The predicted octanol–water partition coefficient (Wildman–Crippen LogP) is 12.7. The molecule has 6 heteroatoms. The third-order valence-electron chi connectivity index (χ3n) is 11.2. The van der Waals surface area contributed by atoms with Gasteiger partial charge in [0.15, 0.2) is 5.82 Å². The molecule has 1 aliphatic rings.